The van der Waals surface area contributed by atoms with E-state index in [4.69, 9.17) is 5.11 Å². The second-order valence-electron chi connectivity index (χ2n) is 4.91. The summed E-state index contributed by atoms with van der Waals surface area (Å²) in [6.07, 6.45) is 3.58. The predicted molar refractivity (Wildman–Crippen MR) is 62.2 cm³/mol. The molecule has 0 bridgehead atoms. The van der Waals surface area contributed by atoms with Crippen LogP contribution >= 0.6 is 0 Å². The quantitative estimate of drug-likeness (QED) is 0.841. The molecule has 0 radical (unpaired) electrons. The van der Waals surface area contributed by atoms with Crippen molar-refractivity contribution >= 4 is 5.97 Å². The summed E-state index contributed by atoms with van der Waals surface area (Å²) in [6.45, 7) is 3.89. The first-order chi connectivity index (χ1) is 8.02. The van der Waals surface area contributed by atoms with E-state index in [0.29, 0.717) is 5.69 Å². The van der Waals surface area contributed by atoms with E-state index in [1.165, 1.54) is 6.20 Å². The molecule has 2 N–H and O–H groups in total. The van der Waals surface area contributed by atoms with E-state index in [1.54, 1.807) is 4.68 Å². The van der Waals surface area contributed by atoms with E-state index in [1.807, 2.05) is 13.8 Å². The van der Waals surface area contributed by atoms with Crippen LogP contribution in [0.2, 0.25) is 0 Å². The lowest BCUT2D eigenvalue weighted by Gasteiger charge is -2.20. The highest BCUT2D eigenvalue weighted by Gasteiger charge is 2.31. The molecule has 5 nitrogen and oxygen atoms in total. The van der Waals surface area contributed by atoms with Crippen molar-refractivity contribution in [3.63, 3.8) is 0 Å². The van der Waals surface area contributed by atoms with Gasteiger partial charge in [0.15, 0.2) is 0 Å². The summed E-state index contributed by atoms with van der Waals surface area (Å²) >= 11 is 0. The minimum Gasteiger partial charge on any atom is -0.478 e. The highest BCUT2D eigenvalue weighted by molar-refractivity contribution is 5.88. The number of carboxylic acid groups (broad SMARTS) is 1. The Morgan fingerprint density at radius 3 is 2.71 bits per heavy atom. The number of hydrogen-bond donors (Lipinski definition) is 2. The van der Waals surface area contributed by atoms with E-state index in [-0.39, 0.29) is 17.5 Å². The molecular weight excluding hydrogens is 220 g/mol. The maximum absolute atomic E-state index is 11.1. The lowest BCUT2D eigenvalue weighted by molar-refractivity contribution is 0.0694. The molecule has 0 aromatic carbocycles. The Bertz CT molecular complexity index is 425. The van der Waals surface area contributed by atoms with Crippen LogP contribution < -0.4 is 0 Å². The number of hydrogen-bond acceptors (Lipinski definition) is 3. The average molecular weight is 238 g/mol. The number of carboxylic acids is 1. The van der Waals surface area contributed by atoms with Crippen molar-refractivity contribution < 1.29 is 15.0 Å². The zero-order valence-corrected chi connectivity index (χ0v) is 10.1. The molecule has 0 spiro atoms. The monoisotopic (exact) mass is 238 g/mol. The summed E-state index contributed by atoms with van der Waals surface area (Å²) < 4.78 is 1.71. The zero-order chi connectivity index (χ0) is 12.6. The van der Waals surface area contributed by atoms with E-state index in [0.717, 1.165) is 19.3 Å². The molecule has 17 heavy (non-hydrogen) atoms. The smallest absolute Gasteiger partial charge is 0.339 e. The second-order valence-corrected chi connectivity index (χ2v) is 4.91. The number of carbonyl (C=O) groups is 1. The van der Waals surface area contributed by atoms with Crippen molar-refractivity contribution in [3.8, 4) is 0 Å². The lowest BCUT2D eigenvalue weighted by Crippen LogP contribution is -2.22. The SMILES string of the molecule is CC(C)c1c(C(=O)O)cnn1C1CCCC1O. The predicted octanol–water partition coefficient (Wildman–Crippen LogP) is 1.79. The van der Waals surface area contributed by atoms with Gasteiger partial charge in [0.25, 0.3) is 0 Å². The first-order valence-electron chi connectivity index (χ1n) is 6.01. The third-order valence-electron chi connectivity index (χ3n) is 3.37. The van der Waals surface area contributed by atoms with Gasteiger partial charge in [-0.3, -0.25) is 4.68 Å². The van der Waals surface area contributed by atoms with Gasteiger partial charge < -0.3 is 10.2 Å². The van der Waals surface area contributed by atoms with Crippen molar-refractivity contribution in [2.24, 2.45) is 0 Å². The molecule has 1 heterocycles. The zero-order valence-electron chi connectivity index (χ0n) is 10.1. The Labute approximate surface area is 100 Å². The fourth-order valence-electron chi connectivity index (χ4n) is 2.58. The van der Waals surface area contributed by atoms with Crippen LogP contribution in [-0.2, 0) is 0 Å². The molecule has 0 aliphatic heterocycles. The van der Waals surface area contributed by atoms with Gasteiger partial charge >= 0.3 is 5.97 Å². The molecule has 2 rings (SSSR count). The Morgan fingerprint density at radius 2 is 2.24 bits per heavy atom. The first-order valence-corrected chi connectivity index (χ1v) is 6.01. The highest BCUT2D eigenvalue weighted by Crippen LogP contribution is 2.33. The van der Waals surface area contributed by atoms with Crippen molar-refractivity contribution in [2.45, 2.75) is 51.2 Å². The maximum Gasteiger partial charge on any atom is 0.339 e. The fourth-order valence-corrected chi connectivity index (χ4v) is 2.58. The van der Waals surface area contributed by atoms with Gasteiger partial charge in [0.2, 0.25) is 0 Å². The summed E-state index contributed by atoms with van der Waals surface area (Å²) in [7, 11) is 0. The van der Waals surface area contributed by atoms with Gasteiger partial charge in [-0.2, -0.15) is 5.10 Å². The van der Waals surface area contributed by atoms with E-state index < -0.39 is 12.1 Å². The van der Waals surface area contributed by atoms with Crippen LogP contribution in [0.1, 0.15) is 61.1 Å². The van der Waals surface area contributed by atoms with Gasteiger partial charge in [0.05, 0.1) is 24.0 Å². The van der Waals surface area contributed by atoms with E-state index >= 15 is 0 Å². The molecule has 1 aliphatic carbocycles. The summed E-state index contributed by atoms with van der Waals surface area (Å²) in [4.78, 5) is 11.1. The first kappa shape index (κ1) is 12.1. The molecule has 2 atom stereocenters. The fraction of sp³-hybridized carbons (Fsp3) is 0.667. The van der Waals surface area contributed by atoms with Crippen molar-refractivity contribution in [1.82, 2.24) is 9.78 Å². The van der Waals surface area contributed by atoms with Gasteiger partial charge in [0, 0.05) is 0 Å². The summed E-state index contributed by atoms with van der Waals surface area (Å²) in [6, 6.07) is -0.0690. The number of aromatic carboxylic acids is 1. The summed E-state index contributed by atoms with van der Waals surface area (Å²) in [5, 5.41) is 23.2. The Balaban J connectivity index is 2.43. The van der Waals surface area contributed by atoms with Crippen LogP contribution in [0, 0.1) is 0 Å². The molecule has 2 unspecified atom stereocenters. The summed E-state index contributed by atoms with van der Waals surface area (Å²) in [5.41, 5.74) is 0.961. The van der Waals surface area contributed by atoms with Gasteiger partial charge in [-0.25, -0.2) is 4.79 Å². The normalized spacial score (nSPS) is 24.5. The van der Waals surface area contributed by atoms with Crippen molar-refractivity contribution in [1.29, 1.82) is 0 Å². The number of aliphatic hydroxyl groups excluding tert-OH is 1. The van der Waals surface area contributed by atoms with E-state index in [2.05, 4.69) is 5.10 Å². The Kier molecular flexibility index (Phi) is 3.19. The minimum atomic E-state index is -0.951. The van der Waals surface area contributed by atoms with Crippen molar-refractivity contribution in [2.75, 3.05) is 0 Å². The molecule has 0 amide bonds. The van der Waals surface area contributed by atoms with Crippen LogP contribution in [0.5, 0.6) is 0 Å². The number of aliphatic hydroxyl groups is 1. The van der Waals surface area contributed by atoms with Gasteiger partial charge in [-0.05, 0) is 25.2 Å². The number of aromatic nitrogens is 2. The maximum atomic E-state index is 11.1. The van der Waals surface area contributed by atoms with Crippen LogP contribution in [0.4, 0.5) is 0 Å². The van der Waals surface area contributed by atoms with E-state index in [9.17, 15) is 9.90 Å². The second kappa shape index (κ2) is 4.49. The van der Waals surface area contributed by atoms with Crippen LogP contribution in [-0.4, -0.2) is 32.1 Å². The minimum absolute atomic E-state index is 0.0690. The van der Waals surface area contributed by atoms with Gasteiger partial charge in [-0.15, -0.1) is 0 Å². The molecular formula is C12H18N2O3. The standard InChI is InChI=1S/C12H18N2O3/c1-7(2)11-8(12(16)17)6-13-14(11)9-4-3-5-10(9)15/h6-7,9-10,15H,3-5H2,1-2H3,(H,16,17). The molecule has 1 saturated carbocycles. The third kappa shape index (κ3) is 2.07. The molecule has 5 heteroatoms. The molecule has 94 valence electrons. The molecule has 1 fully saturated rings. The molecule has 1 aromatic heterocycles. The topological polar surface area (TPSA) is 75.3 Å². The van der Waals surface area contributed by atoms with Gasteiger partial charge in [-0.1, -0.05) is 13.8 Å². The largest absolute Gasteiger partial charge is 0.478 e. The molecule has 1 aromatic rings. The third-order valence-corrected chi connectivity index (χ3v) is 3.37. The lowest BCUT2D eigenvalue weighted by atomic mass is 10.0. The number of nitrogens with zero attached hydrogens (tertiary/aromatic N) is 2. The van der Waals surface area contributed by atoms with Crippen LogP contribution in [0.3, 0.4) is 0 Å². The van der Waals surface area contributed by atoms with Crippen LogP contribution in [0.15, 0.2) is 6.20 Å². The number of rotatable bonds is 3. The molecule has 0 saturated heterocycles. The Hall–Kier alpha value is -1.36. The highest BCUT2D eigenvalue weighted by atomic mass is 16.4. The Morgan fingerprint density at radius 1 is 1.53 bits per heavy atom. The van der Waals surface area contributed by atoms with Gasteiger partial charge in [0.1, 0.15) is 5.56 Å². The molecule has 1 aliphatic rings. The average Bonchev–Trinajstić information content (AvgIpc) is 2.82. The van der Waals surface area contributed by atoms with Crippen molar-refractivity contribution in [3.05, 3.63) is 17.5 Å². The van der Waals surface area contributed by atoms with Crippen LogP contribution in [0.25, 0.3) is 0 Å². The summed E-state index contributed by atoms with van der Waals surface area (Å²) in [5.74, 6) is -0.871.